The van der Waals surface area contributed by atoms with Gasteiger partial charge in [0.25, 0.3) is 15.9 Å². The number of hydrogen-bond donors (Lipinski definition) is 1. The van der Waals surface area contributed by atoms with Crippen molar-refractivity contribution in [2.24, 2.45) is 0 Å². The molecule has 3 rings (SSSR count). The first-order chi connectivity index (χ1) is 15.2. The van der Waals surface area contributed by atoms with Crippen LogP contribution in [0.25, 0.3) is 0 Å². The zero-order valence-electron chi connectivity index (χ0n) is 18.0. The van der Waals surface area contributed by atoms with E-state index in [1.54, 1.807) is 29.2 Å². The van der Waals surface area contributed by atoms with Crippen LogP contribution in [0.4, 0.5) is 5.69 Å². The summed E-state index contributed by atoms with van der Waals surface area (Å²) in [7, 11) is -0.984. The maximum Gasteiger partial charge on any atom is 0.264 e. The maximum absolute atomic E-state index is 13.1. The molecule has 0 aromatic heterocycles. The largest absolute Gasteiger partial charge is 0.497 e. The van der Waals surface area contributed by atoms with Crippen molar-refractivity contribution >= 4 is 39.1 Å². The third-order valence-corrected chi connectivity index (χ3v) is 7.47. The van der Waals surface area contributed by atoms with Crippen molar-refractivity contribution < 1.29 is 22.7 Å². The van der Waals surface area contributed by atoms with E-state index in [-0.39, 0.29) is 34.4 Å². The molecule has 0 unspecified atom stereocenters. The lowest BCUT2D eigenvalue weighted by Gasteiger charge is -2.20. The minimum absolute atomic E-state index is 0.00802. The van der Waals surface area contributed by atoms with E-state index >= 15 is 0 Å². The lowest BCUT2D eigenvalue weighted by Crippen LogP contribution is -2.33. The highest BCUT2D eigenvalue weighted by Crippen LogP contribution is 2.27. The number of ether oxygens (including phenoxy) is 1. The summed E-state index contributed by atoms with van der Waals surface area (Å²) in [6.45, 7) is 1.65. The first-order valence-corrected chi connectivity index (χ1v) is 12.0. The van der Waals surface area contributed by atoms with Crippen LogP contribution in [0.1, 0.15) is 29.6 Å². The smallest absolute Gasteiger partial charge is 0.264 e. The fraction of sp³-hybridized carbons (Fsp3) is 0.364. The second-order valence-corrected chi connectivity index (χ2v) is 9.78. The van der Waals surface area contributed by atoms with Gasteiger partial charge in [0.05, 0.1) is 28.3 Å². The maximum atomic E-state index is 13.1. The predicted molar refractivity (Wildman–Crippen MR) is 123 cm³/mol. The Hall–Kier alpha value is -2.78. The van der Waals surface area contributed by atoms with Crippen molar-refractivity contribution in [2.45, 2.75) is 24.2 Å². The second kappa shape index (κ2) is 10.2. The van der Waals surface area contributed by atoms with Crippen LogP contribution in [0.5, 0.6) is 5.75 Å². The van der Waals surface area contributed by atoms with Crippen LogP contribution in [0, 0.1) is 0 Å². The second-order valence-electron chi connectivity index (χ2n) is 7.41. The average molecular weight is 480 g/mol. The van der Waals surface area contributed by atoms with Crippen molar-refractivity contribution in [3.05, 3.63) is 53.1 Å². The molecule has 0 aliphatic carbocycles. The van der Waals surface area contributed by atoms with Crippen LogP contribution in [0.15, 0.2) is 47.4 Å². The molecule has 0 atom stereocenters. The minimum Gasteiger partial charge on any atom is -0.497 e. The highest BCUT2D eigenvalue weighted by atomic mass is 35.5. The summed E-state index contributed by atoms with van der Waals surface area (Å²) in [6.07, 6.45) is 2.18. The summed E-state index contributed by atoms with van der Waals surface area (Å²) in [6, 6.07) is 10.5. The van der Waals surface area contributed by atoms with Crippen LogP contribution in [-0.4, -0.2) is 58.9 Å². The van der Waals surface area contributed by atoms with Crippen molar-refractivity contribution in [3.8, 4) is 5.75 Å². The molecule has 2 aromatic rings. The molecule has 0 spiro atoms. The van der Waals surface area contributed by atoms with Gasteiger partial charge in [-0.3, -0.25) is 13.9 Å². The van der Waals surface area contributed by atoms with Crippen molar-refractivity contribution in [1.29, 1.82) is 0 Å². The number of amides is 2. The highest BCUT2D eigenvalue weighted by molar-refractivity contribution is 7.92. The molecule has 1 saturated heterocycles. The Balaban J connectivity index is 1.71. The molecule has 8 nitrogen and oxygen atoms in total. The molecule has 1 heterocycles. The number of halogens is 1. The number of sulfonamides is 1. The van der Waals surface area contributed by atoms with Crippen molar-refractivity contribution in [3.63, 3.8) is 0 Å². The number of carbonyl (C=O) groups is 2. The number of methoxy groups -OCH3 is 1. The van der Waals surface area contributed by atoms with Gasteiger partial charge in [0, 0.05) is 33.1 Å². The first-order valence-electron chi connectivity index (χ1n) is 10.2. The van der Waals surface area contributed by atoms with Gasteiger partial charge in [-0.05, 0) is 55.3 Å². The Kier molecular flexibility index (Phi) is 7.63. The van der Waals surface area contributed by atoms with Gasteiger partial charge in [0.2, 0.25) is 5.91 Å². The number of hydrogen-bond acceptors (Lipinski definition) is 5. The van der Waals surface area contributed by atoms with E-state index in [2.05, 4.69) is 5.32 Å². The summed E-state index contributed by atoms with van der Waals surface area (Å²) >= 11 is 6.16. The van der Waals surface area contributed by atoms with Gasteiger partial charge < -0.3 is 15.0 Å². The minimum atomic E-state index is -3.94. The number of likely N-dealkylation sites (tertiary alicyclic amines) is 1. The molecule has 10 heteroatoms. The van der Waals surface area contributed by atoms with Gasteiger partial charge in [-0.1, -0.05) is 11.6 Å². The van der Waals surface area contributed by atoms with Crippen LogP contribution in [0.3, 0.4) is 0 Å². The Morgan fingerprint density at radius 3 is 2.41 bits per heavy atom. The third-order valence-electron chi connectivity index (χ3n) is 5.36. The fourth-order valence-electron chi connectivity index (χ4n) is 3.43. The molecule has 1 aliphatic heterocycles. The molecule has 0 bridgehead atoms. The molecule has 1 fully saturated rings. The topological polar surface area (TPSA) is 96.0 Å². The summed E-state index contributed by atoms with van der Waals surface area (Å²) in [5.41, 5.74) is 0.469. The number of rotatable bonds is 8. The molecular formula is C22H26ClN3O5S. The Labute approximate surface area is 193 Å². The van der Waals surface area contributed by atoms with E-state index in [0.29, 0.717) is 11.4 Å². The summed E-state index contributed by atoms with van der Waals surface area (Å²) < 4.78 is 32.4. The number of nitrogens with zero attached hydrogens (tertiary/aromatic N) is 2. The third kappa shape index (κ3) is 5.34. The highest BCUT2D eigenvalue weighted by Gasteiger charge is 2.24. The van der Waals surface area contributed by atoms with Gasteiger partial charge in [0.1, 0.15) is 5.75 Å². The molecule has 0 radical (unpaired) electrons. The van der Waals surface area contributed by atoms with E-state index < -0.39 is 15.9 Å². The molecule has 1 aliphatic rings. The summed E-state index contributed by atoms with van der Waals surface area (Å²) in [4.78, 5) is 26.4. The van der Waals surface area contributed by atoms with E-state index in [4.69, 9.17) is 16.3 Å². The molecule has 0 saturated carbocycles. The van der Waals surface area contributed by atoms with E-state index in [0.717, 1.165) is 30.2 Å². The quantitative estimate of drug-likeness (QED) is 0.628. The molecule has 32 heavy (non-hydrogen) atoms. The zero-order chi connectivity index (χ0) is 23.3. The van der Waals surface area contributed by atoms with Crippen molar-refractivity contribution in [2.75, 3.05) is 38.1 Å². The van der Waals surface area contributed by atoms with Gasteiger partial charge in [-0.2, -0.15) is 0 Å². The number of nitrogens with one attached hydrogen (secondary N) is 1. The molecule has 1 N–H and O–H groups in total. The lowest BCUT2D eigenvalue weighted by atomic mass is 10.2. The number of carbonyl (C=O) groups excluding carboxylic acids is 2. The van der Waals surface area contributed by atoms with Crippen LogP contribution >= 0.6 is 11.6 Å². The average Bonchev–Trinajstić information content (AvgIpc) is 3.33. The van der Waals surface area contributed by atoms with Gasteiger partial charge in [0.15, 0.2) is 0 Å². The van der Waals surface area contributed by atoms with Gasteiger partial charge in [-0.25, -0.2) is 8.42 Å². The van der Waals surface area contributed by atoms with Crippen LogP contribution < -0.4 is 14.4 Å². The van der Waals surface area contributed by atoms with E-state index in [1.807, 2.05) is 0 Å². The normalized spacial score (nSPS) is 13.7. The molecule has 172 valence electrons. The fourth-order valence-corrected chi connectivity index (χ4v) is 4.86. The SMILES string of the molecule is COc1ccc(N(C)S(=O)(=O)c2ccc(Cl)c(C(=O)NCCC(=O)N3CCCC3)c2)cc1. The van der Waals surface area contributed by atoms with E-state index in [9.17, 15) is 18.0 Å². The summed E-state index contributed by atoms with van der Waals surface area (Å²) in [5.74, 6) is 0.0629. The molecule has 2 aromatic carbocycles. The lowest BCUT2D eigenvalue weighted by molar-refractivity contribution is -0.129. The number of benzene rings is 2. The monoisotopic (exact) mass is 479 g/mol. The summed E-state index contributed by atoms with van der Waals surface area (Å²) in [5, 5.41) is 2.78. The first kappa shape index (κ1) is 23.9. The van der Waals surface area contributed by atoms with Gasteiger partial charge >= 0.3 is 0 Å². The Morgan fingerprint density at radius 1 is 1.12 bits per heavy atom. The zero-order valence-corrected chi connectivity index (χ0v) is 19.6. The van der Waals surface area contributed by atoms with E-state index in [1.165, 1.54) is 32.4 Å². The Bertz CT molecular complexity index is 1080. The number of anilines is 1. The van der Waals surface area contributed by atoms with Crippen molar-refractivity contribution in [1.82, 2.24) is 10.2 Å². The van der Waals surface area contributed by atoms with Crippen LogP contribution in [0.2, 0.25) is 5.02 Å². The Morgan fingerprint density at radius 2 is 1.78 bits per heavy atom. The van der Waals surface area contributed by atoms with Gasteiger partial charge in [-0.15, -0.1) is 0 Å². The standard InChI is InChI=1S/C22H26ClN3O5S/c1-25(16-5-7-17(31-2)8-6-16)32(29,30)18-9-10-20(23)19(15-18)22(28)24-12-11-21(27)26-13-3-4-14-26/h5-10,15H,3-4,11-14H2,1-2H3,(H,24,28). The molecular weight excluding hydrogens is 454 g/mol. The van der Waals surface area contributed by atoms with Crippen LogP contribution in [-0.2, 0) is 14.8 Å². The molecule has 2 amide bonds. The predicted octanol–water partition coefficient (Wildman–Crippen LogP) is 2.92.